The highest BCUT2D eigenvalue weighted by molar-refractivity contribution is 5.85. The van der Waals surface area contributed by atoms with E-state index in [4.69, 9.17) is 0 Å². The molecule has 4 nitrogen and oxygen atoms in total. The molecule has 25 heavy (non-hydrogen) atoms. The van der Waals surface area contributed by atoms with Crippen LogP contribution in [0.1, 0.15) is 0 Å². The van der Waals surface area contributed by atoms with Gasteiger partial charge in [0, 0.05) is 0 Å². The molecular weight excluding hydrogens is 355 g/mol. The van der Waals surface area contributed by atoms with E-state index >= 15 is 0 Å². The number of anilines is 2. The number of hydrazine groups is 3. The monoisotopic (exact) mass is 372 g/mol. The van der Waals surface area contributed by atoms with Crippen molar-refractivity contribution in [2.24, 2.45) is 0 Å². The summed E-state index contributed by atoms with van der Waals surface area (Å²) in [6.07, 6.45) is 1.95. The second-order valence-corrected chi connectivity index (χ2v) is 5.21. The summed E-state index contributed by atoms with van der Waals surface area (Å²) < 4.78 is 2.09. The van der Waals surface area contributed by atoms with Gasteiger partial charge in [-0.25, -0.2) is 0 Å². The van der Waals surface area contributed by atoms with Crippen LogP contribution in [0.25, 0.3) is 0 Å². The Hall–Kier alpha value is -2.69. The molecule has 1 aliphatic heterocycles. The molecule has 0 radical (unpaired) electrons. The minimum atomic E-state index is 0. The van der Waals surface area contributed by atoms with Crippen LogP contribution in [0.2, 0.25) is 0 Å². The van der Waals surface area contributed by atoms with E-state index in [2.05, 4.69) is 51.6 Å². The fourth-order valence-corrected chi connectivity index (χ4v) is 2.63. The Labute approximate surface area is 159 Å². The van der Waals surface area contributed by atoms with Crippen molar-refractivity contribution in [2.45, 2.75) is 0 Å². The maximum atomic E-state index is 3.33. The smallest absolute Gasteiger partial charge is 0.288 e. The second-order valence-electron chi connectivity index (χ2n) is 5.21. The molecule has 1 N–H and O–H groups in total. The average Bonchev–Trinajstić information content (AvgIpc) is 3.09. The van der Waals surface area contributed by atoms with Crippen molar-refractivity contribution in [3.63, 3.8) is 0 Å². The van der Waals surface area contributed by atoms with Gasteiger partial charge in [-0.2, -0.15) is 5.43 Å². The minimum absolute atomic E-state index is 0. The van der Waals surface area contributed by atoms with Gasteiger partial charge in [-0.15, -0.1) is 17.1 Å². The first kappa shape index (κ1) is 18.6. The summed E-state index contributed by atoms with van der Waals surface area (Å²) in [6.45, 7) is 0. The Morgan fingerprint density at radius 3 is 1.68 bits per heavy atom. The summed E-state index contributed by atoms with van der Waals surface area (Å²) in [5, 5.41) is 4.12. The lowest BCUT2D eigenvalue weighted by atomic mass is 10.3. The van der Waals surface area contributed by atoms with E-state index in [1.165, 1.54) is 0 Å². The first-order chi connectivity index (χ1) is 11.4. The topological polar surface area (TPSA) is 21.5 Å². The lowest BCUT2D eigenvalue weighted by Gasteiger charge is -2.26. The van der Waals surface area contributed by atoms with Crippen LogP contribution in [0, 0.1) is 0 Å². The van der Waals surface area contributed by atoms with Crippen molar-refractivity contribution in [1.82, 2.24) is 5.43 Å². The number of halogens is 2. The van der Waals surface area contributed by atoms with Gasteiger partial charge in [0.2, 0.25) is 0 Å². The van der Waals surface area contributed by atoms with Crippen molar-refractivity contribution in [2.75, 3.05) is 10.2 Å². The van der Waals surface area contributed by atoms with E-state index in [1.54, 1.807) is 0 Å². The molecule has 4 rings (SSSR count). The highest BCUT2D eigenvalue weighted by Crippen LogP contribution is 2.27. The quantitative estimate of drug-likeness (QED) is 0.697. The Morgan fingerprint density at radius 2 is 1.12 bits per heavy atom. The first-order valence-corrected chi connectivity index (χ1v) is 7.57. The largest absolute Gasteiger partial charge is 1.00 e. The summed E-state index contributed by atoms with van der Waals surface area (Å²) in [6, 6.07) is 30.8. The maximum absolute atomic E-state index is 3.33. The summed E-state index contributed by atoms with van der Waals surface area (Å²) in [7, 11) is 0. The summed E-state index contributed by atoms with van der Waals surface area (Å²) in [5.41, 5.74) is 6.55. The standard InChI is InChI=1S/C19H16N4.2ClH/c1-4-10-17(11-5-1)21-16-20-22(18-12-6-2-7-13-18)23(21)19-14-8-3-9-15-19;;/h1-16H;2*1H. The van der Waals surface area contributed by atoms with Crippen molar-refractivity contribution >= 4 is 35.8 Å². The molecule has 1 heterocycles. The van der Waals surface area contributed by atoms with Gasteiger partial charge in [-0.1, -0.05) is 64.8 Å². The lowest BCUT2D eigenvalue weighted by molar-refractivity contribution is -0.444. The number of rotatable bonds is 3. The van der Waals surface area contributed by atoms with Crippen LogP contribution in [0.5, 0.6) is 0 Å². The Kier molecular flexibility index (Phi) is 6.28. The van der Waals surface area contributed by atoms with Crippen LogP contribution >= 0.6 is 12.4 Å². The molecule has 0 bridgehead atoms. The zero-order valence-electron chi connectivity index (χ0n) is 13.4. The van der Waals surface area contributed by atoms with Crippen molar-refractivity contribution < 1.29 is 17.1 Å². The molecule has 6 heteroatoms. The Bertz CT molecular complexity index is 811. The number of nitrogens with zero attached hydrogens (tertiary/aromatic N) is 3. The van der Waals surface area contributed by atoms with E-state index in [1.807, 2.05) is 66.1 Å². The Balaban J connectivity index is 0.00000113. The third kappa shape index (κ3) is 3.71. The number of para-hydroxylation sites is 3. The van der Waals surface area contributed by atoms with Crippen LogP contribution in [0.4, 0.5) is 17.1 Å². The molecule has 0 saturated carbocycles. The first-order valence-electron chi connectivity index (χ1n) is 7.57. The molecule has 0 fully saturated rings. The molecule has 128 valence electrons. The van der Waals surface area contributed by atoms with Gasteiger partial charge >= 0.3 is 0 Å². The number of hydrogen-bond donors (Lipinski definition) is 1. The normalized spacial score (nSPS) is 12.6. The van der Waals surface area contributed by atoms with E-state index in [0.29, 0.717) is 0 Å². The predicted molar refractivity (Wildman–Crippen MR) is 101 cm³/mol. The third-order valence-corrected chi connectivity index (χ3v) is 3.70. The molecule has 0 unspecified atom stereocenters. The zero-order valence-corrected chi connectivity index (χ0v) is 14.9. The molecule has 0 atom stereocenters. The molecule has 0 spiro atoms. The molecule has 3 aromatic carbocycles. The van der Waals surface area contributed by atoms with E-state index in [-0.39, 0.29) is 24.8 Å². The molecule has 1 aliphatic rings. The van der Waals surface area contributed by atoms with Gasteiger partial charge in [0.15, 0.2) is 5.69 Å². The van der Waals surface area contributed by atoms with Crippen LogP contribution < -0.4 is 28.1 Å². The van der Waals surface area contributed by atoms with Gasteiger partial charge < -0.3 is 12.4 Å². The molecule has 3 aromatic rings. The number of nitrogens with one attached hydrogen (secondary N) is 1. The average molecular weight is 373 g/mol. The lowest BCUT2D eigenvalue weighted by Crippen LogP contribution is -3.00. The fourth-order valence-electron chi connectivity index (χ4n) is 2.63. The van der Waals surface area contributed by atoms with Crippen molar-refractivity contribution in [3.8, 4) is 0 Å². The molecule has 0 amide bonds. The zero-order chi connectivity index (χ0) is 15.5. The van der Waals surface area contributed by atoms with Gasteiger partial charge in [0.05, 0.1) is 0 Å². The Morgan fingerprint density at radius 1 is 0.640 bits per heavy atom. The van der Waals surface area contributed by atoms with E-state index in [0.717, 1.165) is 17.1 Å². The molecular formula is C19H18Cl2N4. The van der Waals surface area contributed by atoms with Crippen molar-refractivity contribution in [1.29, 1.82) is 0 Å². The number of benzene rings is 3. The van der Waals surface area contributed by atoms with E-state index < -0.39 is 0 Å². The maximum Gasteiger partial charge on any atom is 0.288 e. The van der Waals surface area contributed by atoms with Gasteiger partial charge in [-0.05, 0) is 36.4 Å². The highest BCUT2D eigenvalue weighted by Gasteiger charge is 2.32. The van der Waals surface area contributed by atoms with E-state index in [9.17, 15) is 0 Å². The fraction of sp³-hybridized carbons (Fsp3) is 0. The third-order valence-electron chi connectivity index (χ3n) is 3.70. The van der Waals surface area contributed by atoms with Crippen LogP contribution in [0.3, 0.4) is 0 Å². The molecule has 0 aliphatic carbocycles. The number of hydrazone groups is 1. The van der Waals surface area contributed by atoms with Crippen LogP contribution in [-0.4, -0.2) is 11.0 Å². The van der Waals surface area contributed by atoms with Gasteiger partial charge in [0.25, 0.3) is 6.34 Å². The van der Waals surface area contributed by atoms with Crippen LogP contribution in [-0.2, 0) is 0 Å². The minimum Gasteiger partial charge on any atom is -1.00 e. The summed E-state index contributed by atoms with van der Waals surface area (Å²) >= 11 is 0. The molecule has 0 aromatic heterocycles. The summed E-state index contributed by atoms with van der Waals surface area (Å²) in [4.78, 5) is 0. The van der Waals surface area contributed by atoms with Gasteiger partial charge in [-0.3, -0.25) is 0 Å². The highest BCUT2D eigenvalue weighted by atomic mass is 35.5. The number of hydrogen-bond acceptors (Lipinski definition) is 3. The van der Waals surface area contributed by atoms with Gasteiger partial charge in [0.1, 0.15) is 11.4 Å². The summed E-state index contributed by atoms with van der Waals surface area (Å²) in [5.74, 6) is 0. The second kappa shape index (κ2) is 8.42. The predicted octanol–water partition coefficient (Wildman–Crippen LogP) is 1.15. The van der Waals surface area contributed by atoms with Crippen molar-refractivity contribution in [3.05, 3.63) is 91.0 Å². The molecule has 0 saturated heterocycles. The van der Waals surface area contributed by atoms with Crippen LogP contribution in [0.15, 0.2) is 91.0 Å². The SMILES string of the molecule is C1=[N+](c2ccccc2)N(c2ccccc2)N(c2ccccc2)N1.Cl.[Cl-].